The zero-order valence-corrected chi connectivity index (χ0v) is 14.1. The zero-order chi connectivity index (χ0) is 17.0. The van der Waals surface area contributed by atoms with Gasteiger partial charge in [-0.3, -0.25) is 4.79 Å². The minimum Gasteiger partial charge on any atom is -0.482 e. The van der Waals surface area contributed by atoms with Crippen LogP contribution in [-0.4, -0.2) is 47.7 Å². The normalized spacial score (nSPS) is 19.4. The fraction of sp³-hybridized carbons (Fsp3) is 0.600. The van der Waals surface area contributed by atoms with Crippen LogP contribution in [0.1, 0.15) is 30.3 Å². The third kappa shape index (κ3) is 5.52. The predicted octanol–water partition coefficient (Wildman–Crippen LogP) is 2.64. The Morgan fingerprint density at radius 3 is 2.88 bits per heavy atom. The lowest BCUT2D eigenvalue weighted by atomic mass is 9.92. The summed E-state index contributed by atoms with van der Waals surface area (Å²) in [7, 11) is 0. The Kier molecular flexibility index (Phi) is 7.28. The lowest BCUT2D eigenvalue weighted by molar-refractivity contribution is -0.153. The number of alkyl halides is 3. The van der Waals surface area contributed by atoms with Gasteiger partial charge in [-0.15, -0.1) is 12.4 Å². The summed E-state index contributed by atoms with van der Waals surface area (Å²) in [4.78, 5) is 18.1. The predicted molar refractivity (Wildman–Crippen MR) is 85.3 cm³/mol. The molecule has 24 heavy (non-hydrogen) atoms. The van der Waals surface area contributed by atoms with Crippen LogP contribution in [0, 0.1) is 5.92 Å². The van der Waals surface area contributed by atoms with E-state index in [4.69, 9.17) is 10.5 Å². The molecule has 0 spiro atoms. The second-order valence-corrected chi connectivity index (χ2v) is 5.77. The Bertz CT molecular complexity index is 555. The Hall–Kier alpha value is -1.54. The number of carbonyl (C=O) groups is 1. The van der Waals surface area contributed by atoms with Crippen molar-refractivity contribution in [1.29, 1.82) is 0 Å². The minimum absolute atomic E-state index is 0. The molecule has 1 aliphatic heterocycles. The third-order valence-corrected chi connectivity index (χ3v) is 3.85. The van der Waals surface area contributed by atoms with Crippen LogP contribution < -0.4 is 10.5 Å². The first-order chi connectivity index (χ1) is 10.8. The Balaban J connectivity index is 0.00000288. The number of piperidine rings is 1. The van der Waals surface area contributed by atoms with Crippen LogP contribution in [0.25, 0.3) is 0 Å². The molecule has 1 aromatic rings. The van der Waals surface area contributed by atoms with Gasteiger partial charge in [-0.2, -0.15) is 13.2 Å². The SMILES string of the molecule is C[C@H](N)[C@@H]1CCCN(C(=O)c2ncccc2OCC(F)(F)F)C1.Cl. The number of aromatic nitrogens is 1. The molecule has 1 fully saturated rings. The van der Waals surface area contributed by atoms with Crippen molar-refractivity contribution in [2.24, 2.45) is 11.7 Å². The number of pyridine rings is 1. The Labute approximate surface area is 144 Å². The van der Waals surface area contributed by atoms with E-state index in [0.717, 1.165) is 12.8 Å². The van der Waals surface area contributed by atoms with Gasteiger partial charge in [-0.05, 0) is 37.8 Å². The van der Waals surface area contributed by atoms with E-state index in [1.165, 1.54) is 18.3 Å². The summed E-state index contributed by atoms with van der Waals surface area (Å²) in [5.41, 5.74) is 5.80. The van der Waals surface area contributed by atoms with Gasteiger partial charge in [0.05, 0.1) is 0 Å². The van der Waals surface area contributed by atoms with E-state index >= 15 is 0 Å². The van der Waals surface area contributed by atoms with E-state index in [2.05, 4.69) is 4.98 Å². The Morgan fingerprint density at radius 1 is 1.54 bits per heavy atom. The molecule has 1 saturated heterocycles. The maximum atomic E-state index is 12.6. The van der Waals surface area contributed by atoms with Gasteiger partial charge >= 0.3 is 6.18 Å². The van der Waals surface area contributed by atoms with Crippen molar-refractivity contribution >= 4 is 18.3 Å². The number of halogens is 4. The number of rotatable bonds is 4. The highest BCUT2D eigenvalue weighted by atomic mass is 35.5. The van der Waals surface area contributed by atoms with Gasteiger partial charge in [0, 0.05) is 25.3 Å². The van der Waals surface area contributed by atoms with Gasteiger partial charge in [0.15, 0.2) is 18.1 Å². The highest BCUT2D eigenvalue weighted by Gasteiger charge is 2.31. The smallest absolute Gasteiger partial charge is 0.422 e. The standard InChI is InChI=1S/C15H20F3N3O2.ClH/c1-10(19)11-4-3-7-21(8-11)14(22)13-12(5-2-6-20-13)23-9-15(16,17)18;/h2,5-6,10-11H,3-4,7-9,19H2,1H3;1H/t10-,11+;/m0./s1. The largest absolute Gasteiger partial charge is 0.482 e. The summed E-state index contributed by atoms with van der Waals surface area (Å²) < 4.78 is 41.7. The van der Waals surface area contributed by atoms with Gasteiger partial charge in [-0.25, -0.2) is 4.98 Å². The van der Waals surface area contributed by atoms with E-state index in [-0.39, 0.29) is 35.8 Å². The molecule has 0 aromatic carbocycles. The van der Waals surface area contributed by atoms with Crippen molar-refractivity contribution < 1.29 is 22.7 Å². The number of nitrogens with zero attached hydrogens (tertiary/aromatic N) is 2. The zero-order valence-electron chi connectivity index (χ0n) is 13.3. The van der Waals surface area contributed by atoms with Gasteiger partial charge in [-0.1, -0.05) is 0 Å². The van der Waals surface area contributed by atoms with Crippen molar-refractivity contribution in [2.75, 3.05) is 19.7 Å². The van der Waals surface area contributed by atoms with Gasteiger partial charge in [0.2, 0.25) is 0 Å². The summed E-state index contributed by atoms with van der Waals surface area (Å²) in [6, 6.07) is 2.71. The second-order valence-electron chi connectivity index (χ2n) is 5.77. The fourth-order valence-electron chi connectivity index (χ4n) is 2.60. The number of nitrogens with two attached hydrogens (primary N) is 1. The molecule has 2 N–H and O–H groups in total. The van der Waals surface area contributed by atoms with Crippen LogP contribution in [0.15, 0.2) is 18.3 Å². The molecule has 1 aromatic heterocycles. The molecule has 0 aliphatic carbocycles. The van der Waals surface area contributed by atoms with E-state index in [0.29, 0.717) is 13.1 Å². The average Bonchev–Trinajstić information content (AvgIpc) is 2.52. The Morgan fingerprint density at radius 2 is 2.25 bits per heavy atom. The monoisotopic (exact) mass is 367 g/mol. The van der Waals surface area contributed by atoms with Crippen LogP contribution in [0.5, 0.6) is 5.75 Å². The molecular weight excluding hydrogens is 347 g/mol. The quantitative estimate of drug-likeness (QED) is 0.888. The maximum absolute atomic E-state index is 12.6. The van der Waals surface area contributed by atoms with Gasteiger partial charge < -0.3 is 15.4 Å². The molecule has 0 unspecified atom stereocenters. The minimum atomic E-state index is -4.47. The molecule has 1 aliphatic rings. The van der Waals surface area contributed by atoms with Crippen LogP contribution in [0.3, 0.4) is 0 Å². The summed E-state index contributed by atoms with van der Waals surface area (Å²) in [5.74, 6) is -0.401. The lowest BCUT2D eigenvalue weighted by Crippen LogP contribution is -2.45. The first-order valence-electron chi connectivity index (χ1n) is 7.47. The first kappa shape index (κ1) is 20.5. The van der Waals surface area contributed by atoms with E-state index in [9.17, 15) is 18.0 Å². The topological polar surface area (TPSA) is 68.5 Å². The molecule has 1 amide bonds. The summed E-state index contributed by atoms with van der Waals surface area (Å²) in [6.07, 6.45) is -1.37. The molecule has 0 saturated carbocycles. The molecule has 2 heterocycles. The van der Waals surface area contributed by atoms with Crippen LogP contribution >= 0.6 is 12.4 Å². The first-order valence-corrected chi connectivity index (χ1v) is 7.47. The molecule has 2 atom stereocenters. The molecular formula is C15H21ClF3N3O2. The molecule has 2 rings (SSSR count). The van der Waals surface area contributed by atoms with Crippen molar-refractivity contribution in [3.63, 3.8) is 0 Å². The molecule has 136 valence electrons. The number of amides is 1. The van der Waals surface area contributed by atoms with Crippen LogP contribution in [-0.2, 0) is 0 Å². The van der Waals surface area contributed by atoms with Crippen molar-refractivity contribution in [3.05, 3.63) is 24.0 Å². The highest BCUT2D eigenvalue weighted by Crippen LogP contribution is 2.25. The van der Waals surface area contributed by atoms with Crippen molar-refractivity contribution in [1.82, 2.24) is 9.88 Å². The number of carbonyl (C=O) groups excluding carboxylic acids is 1. The second kappa shape index (κ2) is 8.53. The third-order valence-electron chi connectivity index (χ3n) is 3.85. The number of hydrogen-bond acceptors (Lipinski definition) is 4. The number of ether oxygens (including phenoxy) is 1. The molecule has 9 heteroatoms. The molecule has 5 nitrogen and oxygen atoms in total. The van der Waals surface area contributed by atoms with Crippen molar-refractivity contribution in [2.45, 2.75) is 32.0 Å². The van der Waals surface area contributed by atoms with Gasteiger partial charge in [0.1, 0.15) is 0 Å². The lowest BCUT2D eigenvalue weighted by Gasteiger charge is -2.34. The fourth-order valence-corrected chi connectivity index (χ4v) is 2.60. The molecule has 0 bridgehead atoms. The summed E-state index contributed by atoms with van der Waals surface area (Å²) in [6.45, 7) is 1.45. The average molecular weight is 368 g/mol. The molecule has 0 radical (unpaired) electrons. The van der Waals surface area contributed by atoms with E-state index < -0.39 is 18.7 Å². The van der Waals surface area contributed by atoms with Crippen molar-refractivity contribution in [3.8, 4) is 5.75 Å². The van der Waals surface area contributed by atoms with E-state index in [1.54, 1.807) is 4.90 Å². The van der Waals surface area contributed by atoms with Crippen LogP contribution in [0.2, 0.25) is 0 Å². The summed E-state index contributed by atoms with van der Waals surface area (Å²) in [5, 5.41) is 0. The summed E-state index contributed by atoms with van der Waals surface area (Å²) >= 11 is 0. The highest BCUT2D eigenvalue weighted by molar-refractivity contribution is 5.95. The van der Waals surface area contributed by atoms with E-state index in [1.807, 2.05) is 6.92 Å². The number of likely N-dealkylation sites (tertiary alicyclic amines) is 1. The number of hydrogen-bond donors (Lipinski definition) is 1. The van der Waals surface area contributed by atoms with Crippen LogP contribution in [0.4, 0.5) is 13.2 Å². The maximum Gasteiger partial charge on any atom is 0.422 e. The van der Waals surface area contributed by atoms with Gasteiger partial charge in [0.25, 0.3) is 5.91 Å².